The van der Waals surface area contributed by atoms with Crippen LogP contribution in [0.15, 0.2) is 85.1 Å². The molecule has 4 nitrogen and oxygen atoms in total. The number of aromatic nitrogens is 1. The van der Waals surface area contributed by atoms with Crippen LogP contribution in [0.1, 0.15) is 34.4 Å². The molecule has 1 saturated heterocycles. The van der Waals surface area contributed by atoms with E-state index in [2.05, 4.69) is 76.6 Å². The van der Waals surface area contributed by atoms with Gasteiger partial charge in [-0.05, 0) is 29.3 Å². The van der Waals surface area contributed by atoms with Crippen LogP contribution in [-0.4, -0.2) is 30.1 Å². The predicted molar refractivity (Wildman–Crippen MR) is 123 cm³/mol. The van der Waals surface area contributed by atoms with Crippen LogP contribution in [0.25, 0.3) is 10.9 Å². The van der Waals surface area contributed by atoms with Gasteiger partial charge in [-0.15, -0.1) is 0 Å². The molecule has 3 aromatic carbocycles. The van der Waals surface area contributed by atoms with E-state index in [9.17, 15) is 5.26 Å². The molecule has 4 heteroatoms. The van der Waals surface area contributed by atoms with Crippen molar-refractivity contribution >= 4 is 10.9 Å². The minimum atomic E-state index is -0.00820. The molecule has 1 aliphatic heterocycles. The zero-order valence-corrected chi connectivity index (χ0v) is 17.5. The monoisotopic (exact) mass is 407 g/mol. The number of ether oxygens (including phenoxy) is 1. The van der Waals surface area contributed by atoms with Gasteiger partial charge in [0.05, 0.1) is 23.8 Å². The van der Waals surface area contributed by atoms with Crippen molar-refractivity contribution < 1.29 is 4.74 Å². The highest BCUT2D eigenvalue weighted by molar-refractivity contribution is 5.85. The van der Waals surface area contributed by atoms with E-state index in [0.29, 0.717) is 11.5 Å². The van der Waals surface area contributed by atoms with Crippen molar-refractivity contribution in [3.05, 3.63) is 107 Å². The molecule has 1 N–H and O–H groups in total. The van der Waals surface area contributed by atoms with E-state index in [1.54, 1.807) is 7.11 Å². The number of fused-ring (bicyclic) bond motifs is 1. The zero-order valence-electron chi connectivity index (χ0n) is 17.5. The van der Waals surface area contributed by atoms with Gasteiger partial charge in [-0.25, -0.2) is 0 Å². The molecule has 2 heterocycles. The fraction of sp³-hybridized carbons (Fsp3) is 0.222. The number of H-pyrrole nitrogens is 1. The highest BCUT2D eigenvalue weighted by Gasteiger charge is 2.39. The lowest BCUT2D eigenvalue weighted by Gasteiger charge is -2.47. The lowest BCUT2D eigenvalue weighted by Crippen LogP contribution is -2.51. The minimum Gasteiger partial charge on any atom is -0.376 e. The summed E-state index contributed by atoms with van der Waals surface area (Å²) in [5.74, 6) is 0.393. The van der Waals surface area contributed by atoms with Gasteiger partial charge in [-0.1, -0.05) is 60.7 Å². The third-order valence-corrected chi connectivity index (χ3v) is 6.37. The van der Waals surface area contributed by atoms with Gasteiger partial charge in [0.2, 0.25) is 0 Å². The Bertz CT molecular complexity index is 1160. The molecule has 1 atom stereocenters. The number of aromatic amines is 1. The van der Waals surface area contributed by atoms with E-state index < -0.39 is 0 Å². The van der Waals surface area contributed by atoms with Crippen molar-refractivity contribution in [2.24, 2.45) is 5.92 Å². The Hall–Kier alpha value is -3.39. The number of likely N-dealkylation sites (tertiary alicyclic amines) is 1. The van der Waals surface area contributed by atoms with Gasteiger partial charge in [0.1, 0.15) is 0 Å². The molecule has 0 saturated carbocycles. The molecule has 0 spiro atoms. The lowest BCUT2D eigenvalue weighted by atomic mass is 9.85. The lowest BCUT2D eigenvalue weighted by molar-refractivity contribution is -0.0417. The minimum absolute atomic E-state index is 0.00820. The second-order valence-corrected chi connectivity index (χ2v) is 8.21. The highest BCUT2D eigenvalue weighted by atomic mass is 16.5. The molecule has 4 aromatic rings. The number of hydrogen-bond donors (Lipinski definition) is 1. The molecular weight excluding hydrogens is 382 g/mol. The van der Waals surface area contributed by atoms with Crippen LogP contribution < -0.4 is 0 Å². The van der Waals surface area contributed by atoms with Crippen molar-refractivity contribution in [1.29, 1.82) is 5.26 Å². The Morgan fingerprint density at radius 3 is 2.19 bits per heavy atom. The first-order chi connectivity index (χ1) is 15.3. The van der Waals surface area contributed by atoms with Crippen LogP contribution in [-0.2, 0) is 4.74 Å². The number of rotatable bonds is 6. The quantitative estimate of drug-likeness (QED) is 0.462. The average molecular weight is 408 g/mol. The summed E-state index contributed by atoms with van der Waals surface area (Å²) in [5.41, 5.74) is 5.47. The molecule has 1 fully saturated rings. The molecule has 154 valence electrons. The number of nitrogens with zero attached hydrogens (tertiary/aromatic N) is 2. The summed E-state index contributed by atoms with van der Waals surface area (Å²) in [6.07, 6.45) is 2.03. The van der Waals surface area contributed by atoms with Gasteiger partial charge in [-0.3, -0.25) is 4.90 Å². The summed E-state index contributed by atoms with van der Waals surface area (Å²) in [4.78, 5) is 5.86. The molecule has 5 rings (SSSR count). The largest absolute Gasteiger partial charge is 0.376 e. The summed E-state index contributed by atoms with van der Waals surface area (Å²) < 4.78 is 5.99. The molecule has 0 aliphatic carbocycles. The first kappa shape index (κ1) is 19.6. The maximum Gasteiger partial charge on any atom is 0.0991 e. The fourth-order valence-corrected chi connectivity index (χ4v) is 4.86. The van der Waals surface area contributed by atoms with E-state index in [4.69, 9.17) is 4.74 Å². The summed E-state index contributed by atoms with van der Waals surface area (Å²) in [6, 6.07) is 29.7. The van der Waals surface area contributed by atoms with Crippen LogP contribution in [0.5, 0.6) is 0 Å². The van der Waals surface area contributed by atoms with Gasteiger partial charge in [0.15, 0.2) is 0 Å². The second-order valence-electron chi connectivity index (χ2n) is 8.21. The third-order valence-electron chi connectivity index (χ3n) is 6.37. The van der Waals surface area contributed by atoms with Gasteiger partial charge < -0.3 is 9.72 Å². The molecule has 1 aromatic heterocycles. The standard InChI is InChI=1S/C27H25N3O/c1-31-27(24-16-29-25-13-12-19(15-28)14-23(24)25)22-17-30(18-22)26(20-8-4-2-5-9-20)21-10-6-3-7-11-21/h2-14,16,22,26-27,29H,17-18H2,1H3. The average Bonchev–Trinajstić information content (AvgIpc) is 3.22. The van der Waals surface area contributed by atoms with Crippen LogP contribution in [0, 0.1) is 17.2 Å². The first-order valence-electron chi connectivity index (χ1n) is 10.7. The van der Waals surface area contributed by atoms with Crippen molar-refractivity contribution in [3.8, 4) is 6.07 Å². The number of methoxy groups -OCH3 is 1. The maximum atomic E-state index is 9.30. The van der Waals surface area contributed by atoms with E-state index >= 15 is 0 Å². The number of nitriles is 1. The van der Waals surface area contributed by atoms with Gasteiger partial charge in [0, 0.05) is 48.8 Å². The Morgan fingerprint density at radius 2 is 1.61 bits per heavy atom. The van der Waals surface area contributed by atoms with Gasteiger partial charge in [-0.2, -0.15) is 5.26 Å². The normalized spacial score (nSPS) is 15.6. The summed E-state index contributed by atoms with van der Waals surface area (Å²) in [7, 11) is 1.78. The van der Waals surface area contributed by atoms with Crippen molar-refractivity contribution in [2.75, 3.05) is 20.2 Å². The Balaban J connectivity index is 1.41. The van der Waals surface area contributed by atoms with Crippen LogP contribution >= 0.6 is 0 Å². The molecule has 0 bridgehead atoms. The smallest absolute Gasteiger partial charge is 0.0991 e. The van der Waals surface area contributed by atoms with Gasteiger partial charge >= 0.3 is 0 Å². The van der Waals surface area contributed by atoms with E-state index in [1.807, 2.05) is 24.4 Å². The SMILES string of the molecule is COC(c1c[nH]c2ccc(C#N)cc12)C1CN(C(c2ccccc2)c2ccccc2)C1. The zero-order chi connectivity index (χ0) is 21.2. The van der Waals surface area contributed by atoms with E-state index in [-0.39, 0.29) is 12.1 Å². The second kappa shape index (κ2) is 8.39. The van der Waals surface area contributed by atoms with Crippen LogP contribution in [0.4, 0.5) is 0 Å². The van der Waals surface area contributed by atoms with Crippen LogP contribution in [0.3, 0.4) is 0 Å². The van der Waals surface area contributed by atoms with Crippen molar-refractivity contribution in [3.63, 3.8) is 0 Å². The maximum absolute atomic E-state index is 9.30. The first-order valence-corrected chi connectivity index (χ1v) is 10.7. The number of hydrogen-bond acceptors (Lipinski definition) is 3. The van der Waals surface area contributed by atoms with Crippen LogP contribution in [0.2, 0.25) is 0 Å². The third kappa shape index (κ3) is 3.63. The van der Waals surface area contributed by atoms with Crippen molar-refractivity contribution in [2.45, 2.75) is 12.1 Å². The Labute approximate surface area is 182 Å². The number of benzene rings is 3. The molecule has 1 unspecified atom stereocenters. The molecule has 0 amide bonds. The molecule has 0 radical (unpaired) electrons. The molecule has 1 aliphatic rings. The summed E-state index contributed by atoms with van der Waals surface area (Å²) >= 11 is 0. The predicted octanol–water partition coefficient (Wildman–Crippen LogP) is 5.45. The Kier molecular flexibility index (Phi) is 5.30. The topological polar surface area (TPSA) is 52.1 Å². The van der Waals surface area contributed by atoms with Crippen molar-refractivity contribution in [1.82, 2.24) is 9.88 Å². The summed E-state index contributed by atoms with van der Waals surface area (Å²) in [6.45, 7) is 1.91. The fourth-order valence-electron chi connectivity index (χ4n) is 4.86. The van der Waals surface area contributed by atoms with Gasteiger partial charge in [0.25, 0.3) is 0 Å². The highest BCUT2D eigenvalue weighted by Crippen LogP contribution is 2.41. The molecular formula is C27H25N3O. The number of nitrogens with one attached hydrogen (secondary N) is 1. The summed E-state index contributed by atoms with van der Waals surface area (Å²) in [5, 5.41) is 10.4. The van der Waals surface area contributed by atoms with E-state index in [0.717, 1.165) is 29.6 Å². The molecule has 31 heavy (non-hydrogen) atoms. The van der Waals surface area contributed by atoms with E-state index in [1.165, 1.54) is 11.1 Å². The Morgan fingerprint density at radius 1 is 0.968 bits per heavy atom.